The molecule has 82 valence electrons. The molecule has 16 heavy (non-hydrogen) atoms. The molecule has 1 atom stereocenters. The summed E-state index contributed by atoms with van der Waals surface area (Å²) < 4.78 is 0. The van der Waals surface area contributed by atoms with Crippen molar-refractivity contribution in [2.24, 2.45) is 0 Å². The number of fused-ring (bicyclic) bond motifs is 1. The van der Waals surface area contributed by atoms with E-state index in [1.165, 1.54) is 16.3 Å². The van der Waals surface area contributed by atoms with E-state index >= 15 is 0 Å². The second-order valence-electron chi connectivity index (χ2n) is 4.34. The third-order valence-corrected chi connectivity index (χ3v) is 3.16. The predicted molar refractivity (Wildman–Crippen MR) is 65.0 cm³/mol. The van der Waals surface area contributed by atoms with E-state index in [2.05, 4.69) is 42.5 Å². The lowest BCUT2D eigenvalue weighted by Crippen LogP contribution is -2.10. The van der Waals surface area contributed by atoms with Gasteiger partial charge < -0.3 is 0 Å². The molecule has 1 heterocycles. The summed E-state index contributed by atoms with van der Waals surface area (Å²) in [4.78, 5) is 5.73. The van der Waals surface area contributed by atoms with Crippen molar-refractivity contribution in [3.05, 3.63) is 48.0 Å². The quantitative estimate of drug-likeness (QED) is 0.721. The van der Waals surface area contributed by atoms with E-state index in [-0.39, 0.29) is 6.10 Å². The Hall–Kier alpha value is -1.38. The van der Waals surface area contributed by atoms with Crippen LogP contribution in [0.15, 0.2) is 42.5 Å². The van der Waals surface area contributed by atoms with Gasteiger partial charge in [-0.15, -0.1) is 0 Å². The highest BCUT2D eigenvalue weighted by molar-refractivity contribution is 5.83. The van der Waals surface area contributed by atoms with Gasteiger partial charge in [0.15, 0.2) is 0 Å². The van der Waals surface area contributed by atoms with E-state index in [4.69, 9.17) is 4.84 Å². The lowest BCUT2D eigenvalue weighted by Gasteiger charge is -2.12. The monoisotopic (exact) mass is 213 g/mol. The molecule has 0 aliphatic carbocycles. The van der Waals surface area contributed by atoms with E-state index in [1.807, 2.05) is 12.1 Å². The van der Waals surface area contributed by atoms with Gasteiger partial charge in [-0.25, -0.2) is 0 Å². The summed E-state index contributed by atoms with van der Waals surface area (Å²) in [5, 5.41) is 4.50. The molecule has 0 saturated carbocycles. The molecule has 2 heteroatoms. The topological polar surface area (TPSA) is 12.5 Å². The van der Waals surface area contributed by atoms with Gasteiger partial charge in [-0.05, 0) is 28.8 Å². The summed E-state index contributed by atoms with van der Waals surface area (Å²) in [6.07, 6.45) is 1.31. The lowest BCUT2D eigenvalue weighted by atomic mass is 10.0. The van der Waals surface area contributed by atoms with Crippen molar-refractivity contribution in [2.75, 3.05) is 13.6 Å². The second kappa shape index (κ2) is 3.89. The maximum absolute atomic E-state index is 5.73. The minimum absolute atomic E-state index is 0.231. The van der Waals surface area contributed by atoms with Crippen LogP contribution in [0.3, 0.4) is 0 Å². The van der Waals surface area contributed by atoms with Crippen molar-refractivity contribution >= 4 is 10.8 Å². The van der Waals surface area contributed by atoms with Gasteiger partial charge in [0, 0.05) is 13.6 Å². The molecule has 3 rings (SSSR count). The fourth-order valence-electron chi connectivity index (χ4n) is 2.26. The van der Waals surface area contributed by atoms with Gasteiger partial charge in [-0.2, -0.15) is 5.06 Å². The van der Waals surface area contributed by atoms with E-state index in [9.17, 15) is 0 Å². The van der Waals surface area contributed by atoms with Crippen LogP contribution in [0.4, 0.5) is 0 Å². The summed E-state index contributed by atoms with van der Waals surface area (Å²) in [5.74, 6) is 0. The number of hydrogen-bond donors (Lipinski definition) is 0. The van der Waals surface area contributed by atoms with Crippen molar-refractivity contribution < 1.29 is 4.84 Å². The Bertz CT molecular complexity index is 509. The predicted octanol–water partition coefficient (Wildman–Crippen LogP) is 3.15. The van der Waals surface area contributed by atoms with Crippen LogP contribution in [0.5, 0.6) is 0 Å². The SMILES string of the molecule is CN1CCC(c2ccc3ccccc3c2)O1. The van der Waals surface area contributed by atoms with Gasteiger partial charge >= 0.3 is 0 Å². The highest BCUT2D eigenvalue weighted by Gasteiger charge is 2.22. The lowest BCUT2D eigenvalue weighted by molar-refractivity contribution is -0.128. The van der Waals surface area contributed by atoms with Crippen molar-refractivity contribution in [2.45, 2.75) is 12.5 Å². The average molecular weight is 213 g/mol. The number of hydrogen-bond acceptors (Lipinski definition) is 2. The Morgan fingerprint density at radius 1 is 1.12 bits per heavy atom. The number of rotatable bonds is 1. The van der Waals surface area contributed by atoms with Crippen LogP contribution >= 0.6 is 0 Å². The molecule has 1 aliphatic heterocycles. The van der Waals surface area contributed by atoms with Crippen LogP contribution in [0.25, 0.3) is 10.8 Å². The van der Waals surface area contributed by atoms with Gasteiger partial charge in [0.2, 0.25) is 0 Å². The van der Waals surface area contributed by atoms with E-state index in [0.29, 0.717) is 0 Å². The fourth-order valence-corrected chi connectivity index (χ4v) is 2.26. The van der Waals surface area contributed by atoms with Crippen molar-refractivity contribution in [3.8, 4) is 0 Å². The normalized spacial score (nSPS) is 21.7. The molecule has 2 aromatic rings. The molecule has 0 bridgehead atoms. The molecular weight excluding hydrogens is 198 g/mol. The maximum Gasteiger partial charge on any atom is 0.106 e. The van der Waals surface area contributed by atoms with Gasteiger partial charge in [0.1, 0.15) is 6.10 Å². The minimum atomic E-state index is 0.231. The van der Waals surface area contributed by atoms with E-state index in [1.54, 1.807) is 0 Å². The number of benzene rings is 2. The first-order chi connectivity index (χ1) is 7.83. The van der Waals surface area contributed by atoms with Gasteiger partial charge in [-0.3, -0.25) is 4.84 Å². The zero-order valence-electron chi connectivity index (χ0n) is 9.39. The molecule has 2 nitrogen and oxygen atoms in total. The second-order valence-corrected chi connectivity index (χ2v) is 4.34. The van der Waals surface area contributed by atoms with Gasteiger partial charge in [-0.1, -0.05) is 36.4 Å². The molecule has 0 radical (unpaired) electrons. The Labute approximate surface area is 95.4 Å². The van der Waals surface area contributed by atoms with Crippen LogP contribution in [0.1, 0.15) is 18.1 Å². The van der Waals surface area contributed by atoms with Crippen molar-refractivity contribution in [1.29, 1.82) is 0 Å². The molecule has 1 aliphatic rings. The smallest absolute Gasteiger partial charge is 0.106 e. The first-order valence-electron chi connectivity index (χ1n) is 5.69. The molecule has 0 aromatic heterocycles. The van der Waals surface area contributed by atoms with E-state index < -0.39 is 0 Å². The maximum atomic E-state index is 5.73. The summed E-state index contributed by atoms with van der Waals surface area (Å²) in [6.45, 7) is 1.01. The van der Waals surface area contributed by atoms with Crippen LogP contribution in [0, 0.1) is 0 Å². The summed E-state index contributed by atoms with van der Waals surface area (Å²) in [5.41, 5.74) is 1.28. The van der Waals surface area contributed by atoms with Crippen molar-refractivity contribution in [1.82, 2.24) is 5.06 Å². The van der Waals surface area contributed by atoms with Crippen LogP contribution in [-0.2, 0) is 4.84 Å². The van der Waals surface area contributed by atoms with Crippen LogP contribution in [-0.4, -0.2) is 18.7 Å². The first kappa shape index (κ1) is 9.82. The Kier molecular flexibility index (Phi) is 2.39. The molecule has 1 unspecified atom stereocenters. The molecule has 2 aromatic carbocycles. The summed E-state index contributed by atoms with van der Waals surface area (Å²) in [7, 11) is 1.99. The Morgan fingerprint density at radius 3 is 2.69 bits per heavy atom. The standard InChI is InChI=1S/C14H15NO/c1-15-9-8-14(16-15)13-7-6-11-4-2-3-5-12(11)10-13/h2-7,10,14H,8-9H2,1H3. The van der Waals surface area contributed by atoms with Gasteiger partial charge in [0.25, 0.3) is 0 Å². The summed E-state index contributed by atoms with van der Waals surface area (Å²) in [6, 6.07) is 15.0. The zero-order chi connectivity index (χ0) is 11.0. The summed E-state index contributed by atoms with van der Waals surface area (Å²) >= 11 is 0. The minimum Gasteiger partial charge on any atom is -0.291 e. The highest BCUT2D eigenvalue weighted by Crippen LogP contribution is 2.29. The largest absolute Gasteiger partial charge is 0.291 e. The molecule has 0 N–H and O–H groups in total. The third-order valence-electron chi connectivity index (χ3n) is 3.16. The van der Waals surface area contributed by atoms with E-state index in [0.717, 1.165) is 13.0 Å². The van der Waals surface area contributed by atoms with Crippen LogP contribution < -0.4 is 0 Å². The van der Waals surface area contributed by atoms with Crippen molar-refractivity contribution in [3.63, 3.8) is 0 Å². The number of hydroxylamine groups is 2. The average Bonchev–Trinajstić information content (AvgIpc) is 2.75. The molecule has 1 fully saturated rings. The molecular formula is C14H15NO. The van der Waals surface area contributed by atoms with Gasteiger partial charge in [0.05, 0.1) is 0 Å². The molecule has 0 spiro atoms. The molecule has 0 amide bonds. The number of nitrogens with zero attached hydrogens (tertiary/aromatic N) is 1. The van der Waals surface area contributed by atoms with Crippen LogP contribution in [0.2, 0.25) is 0 Å². The third kappa shape index (κ3) is 1.70. The Morgan fingerprint density at radius 2 is 1.94 bits per heavy atom. The fraction of sp³-hybridized carbons (Fsp3) is 0.286. The Balaban J connectivity index is 1.99. The zero-order valence-corrected chi connectivity index (χ0v) is 9.39. The molecule has 1 saturated heterocycles. The highest BCUT2D eigenvalue weighted by atomic mass is 16.7. The first-order valence-corrected chi connectivity index (χ1v) is 5.69.